The molecule has 0 aliphatic carbocycles. The van der Waals surface area contributed by atoms with E-state index in [0.717, 1.165) is 41.6 Å². The Balaban J connectivity index is 1.74. The molecule has 3 heterocycles. The normalized spacial score (nSPS) is 11.7. The largest absolute Gasteiger partial charge is 0.323 e. The summed E-state index contributed by atoms with van der Waals surface area (Å²) in [5, 5.41) is 10.3. The summed E-state index contributed by atoms with van der Waals surface area (Å²) >= 11 is 1.66. The highest BCUT2D eigenvalue weighted by Gasteiger charge is 2.17. The first-order valence-corrected chi connectivity index (χ1v) is 10.5. The Kier molecular flexibility index (Phi) is 4.97. The van der Waals surface area contributed by atoms with E-state index < -0.39 is 0 Å². The van der Waals surface area contributed by atoms with E-state index in [-0.39, 0.29) is 5.56 Å². The number of para-hydroxylation sites is 1. The number of hydrogen-bond donors (Lipinski definition) is 0. The van der Waals surface area contributed by atoms with Crippen molar-refractivity contribution >= 4 is 28.4 Å². The van der Waals surface area contributed by atoms with Crippen LogP contribution in [-0.4, -0.2) is 28.7 Å². The number of imidazole rings is 1. The standard InChI is InChI=1S/C20H24N6OS/c1-5-6-11-25-14(3)13(2)21-20(25)28-12-17-22-23-19-24(4)18(27)15-9-7-8-10-16(15)26(17)19/h7-10H,5-6,11-12H2,1-4H3. The van der Waals surface area contributed by atoms with Crippen molar-refractivity contribution in [2.45, 2.75) is 51.1 Å². The molecule has 0 unspecified atom stereocenters. The Morgan fingerprint density at radius 2 is 1.93 bits per heavy atom. The number of aromatic nitrogens is 6. The molecule has 4 rings (SSSR count). The van der Waals surface area contributed by atoms with Gasteiger partial charge in [0.15, 0.2) is 5.16 Å². The molecule has 0 aliphatic heterocycles. The molecular formula is C20H24N6OS. The monoisotopic (exact) mass is 396 g/mol. The molecule has 0 amide bonds. The van der Waals surface area contributed by atoms with Gasteiger partial charge in [-0.1, -0.05) is 37.2 Å². The number of rotatable bonds is 6. The van der Waals surface area contributed by atoms with Crippen LogP contribution in [-0.2, 0) is 19.3 Å². The Bertz CT molecular complexity index is 1220. The third-order valence-corrected chi connectivity index (χ3v) is 6.15. The molecule has 28 heavy (non-hydrogen) atoms. The summed E-state index contributed by atoms with van der Waals surface area (Å²) in [6, 6.07) is 7.60. The van der Waals surface area contributed by atoms with E-state index in [1.165, 1.54) is 5.69 Å². The van der Waals surface area contributed by atoms with Crippen LogP contribution in [0.5, 0.6) is 0 Å². The van der Waals surface area contributed by atoms with E-state index in [4.69, 9.17) is 4.98 Å². The molecule has 0 aliphatic rings. The van der Waals surface area contributed by atoms with Crippen LogP contribution < -0.4 is 5.56 Å². The second-order valence-electron chi connectivity index (χ2n) is 6.99. The van der Waals surface area contributed by atoms with E-state index in [1.54, 1.807) is 23.4 Å². The first-order chi connectivity index (χ1) is 13.5. The topological polar surface area (TPSA) is 70.0 Å². The minimum Gasteiger partial charge on any atom is -0.323 e. The van der Waals surface area contributed by atoms with E-state index in [2.05, 4.69) is 35.5 Å². The minimum absolute atomic E-state index is 0.0592. The minimum atomic E-state index is -0.0592. The van der Waals surface area contributed by atoms with Crippen LogP contribution in [0, 0.1) is 13.8 Å². The molecule has 7 nitrogen and oxygen atoms in total. The van der Waals surface area contributed by atoms with E-state index >= 15 is 0 Å². The fourth-order valence-electron chi connectivity index (χ4n) is 3.43. The molecule has 0 fully saturated rings. The van der Waals surface area contributed by atoms with Gasteiger partial charge in [0.05, 0.1) is 22.3 Å². The van der Waals surface area contributed by atoms with Crippen LogP contribution in [0.3, 0.4) is 0 Å². The molecule has 0 bridgehead atoms. The molecule has 0 atom stereocenters. The molecule has 0 radical (unpaired) electrons. The molecule has 0 spiro atoms. The number of unbranched alkanes of at least 4 members (excludes halogenated alkanes) is 1. The third-order valence-electron chi connectivity index (χ3n) is 5.18. The first kappa shape index (κ1) is 18.7. The summed E-state index contributed by atoms with van der Waals surface area (Å²) in [6.07, 6.45) is 2.28. The zero-order chi connectivity index (χ0) is 19.8. The Morgan fingerprint density at radius 1 is 1.14 bits per heavy atom. The van der Waals surface area contributed by atoms with Crippen molar-refractivity contribution in [2.75, 3.05) is 0 Å². The fourth-order valence-corrected chi connectivity index (χ4v) is 4.46. The summed E-state index contributed by atoms with van der Waals surface area (Å²) in [4.78, 5) is 17.3. The van der Waals surface area contributed by atoms with Gasteiger partial charge < -0.3 is 4.57 Å². The van der Waals surface area contributed by atoms with Gasteiger partial charge in [0.25, 0.3) is 5.56 Å². The van der Waals surface area contributed by atoms with Crippen molar-refractivity contribution in [2.24, 2.45) is 7.05 Å². The van der Waals surface area contributed by atoms with Crippen LogP contribution in [0.4, 0.5) is 0 Å². The predicted molar refractivity (Wildman–Crippen MR) is 112 cm³/mol. The summed E-state index contributed by atoms with van der Waals surface area (Å²) in [5.41, 5.74) is 3.06. The van der Waals surface area contributed by atoms with Crippen LogP contribution in [0.15, 0.2) is 34.2 Å². The summed E-state index contributed by atoms with van der Waals surface area (Å²) in [7, 11) is 1.74. The third kappa shape index (κ3) is 3.01. The average molecular weight is 397 g/mol. The number of aryl methyl sites for hydroxylation is 2. The highest BCUT2D eigenvalue weighted by Crippen LogP contribution is 2.26. The molecule has 146 valence electrons. The molecule has 0 N–H and O–H groups in total. The number of hydrogen-bond acceptors (Lipinski definition) is 5. The number of thioether (sulfide) groups is 1. The van der Waals surface area contributed by atoms with Gasteiger partial charge in [0.1, 0.15) is 5.82 Å². The SMILES string of the molecule is CCCCn1c(SCc2nnc3n(C)c(=O)c4ccccc4n23)nc(C)c1C. The van der Waals surface area contributed by atoms with Crippen LogP contribution >= 0.6 is 11.8 Å². The zero-order valence-electron chi connectivity index (χ0n) is 16.6. The maximum absolute atomic E-state index is 12.6. The lowest BCUT2D eigenvalue weighted by Crippen LogP contribution is -2.20. The van der Waals surface area contributed by atoms with Gasteiger partial charge in [0, 0.05) is 19.3 Å². The van der Waals surface area contributed by atoms with Gasteiger partial charge in [-0.05, 0) is 32.4 Å². The summed E-state index contributed by atoms with van der Waals surface area (Å²) in [6.45, 7) is 7.35. The van der Waals surface area contributed by atoms with Gasteiger partial charge in [-0.3, -0.25) is 13.8 Å². The average Bonchev–Trinajstić information content (AvgIpc) is 3.24. The van der Waals surface area contributed by atoms with Gasteiger partial charge in [-0.25, -0.2) is 4.98 Å². The predicted octanol–water partition coefficient (Wildman–Crippen LogP) is 3.49. The number of benzene rings is 1. The molecule has 0 saturated carbocycles. The lowest BCUT2D eigenvalue weighted by atomic mass is 10.2. The van der Waals surface area contributed by atoms with Crippen molar-refractivity contribution in [3.05, 3.63) is 51.8 Å². The lowest BCUT2D eigenvalue weighted by Gasteiger charge is -2.10. The van der Waals surface area contributed by atoms with Crippen molar-refractivity contribution in [1.29, 1.82) is 0 Å². The highest BCUT2D eigenvalue weighted by atomic mass is 32.2. The van der Waals surface area contributed by atoms with Crippen LogP contribution in [0.1, 0.15) is 37.0 Å². The van der Waals surface area contributed by atoms with Gasteiger partial charge in [-0.2, -0.15) is 0 Å². The zero-order valence-corrected chi connectivity index (χ0v) is 17.5. The van der Waals surface area contributed by atoms with E-state index in [0.29, 0.717) is 16.9 Å². The van der Waals surface area contributed by atoms with Crippen molar-refractivity contribution < 1.29 is 0 Å². The maximum Gasteiger partial charge on any atom is 0.262 e. The van der Waals surface area contributed by atoms with Gasteiger partial charge in [0.2, 0.25) is 5.78 Å². The molecule has 0 saturated heterocycles. The lowest BCUT2D eigenvalue weighted by molar-refractivity contribution is 0.575. The van der Waals surface area contributed by atoms with Crippen molar-refractivity contribution in [3.63, 3.8) is 0 Å². The molecule has 3 aromatic heterocycles. The summed E-state index contributed by atoms with van der Waals surface area (Å²) < 4.78 is 5.82. The first-order valence-electron chi connectivity index (χ1n) is 9.51. The van der Waals surface area contributed by atoms with E-state index in [1.807, 2.05) is 28.7 Å². The number of nitrogens with zero attached hydrogens (tertiary/aromatic N) is 6. The van der Waals surface area contributed by atoms with Gasteiger partial charge in [-0.15, -0.1) is 10.2 Å². The smallest absolute Gasteiger partial charge is 0.262 e. The Morgan fingerprint density at radius 3 is 2.71 bits per heavy atom. The molecule has 8 heteroatoms. The van der Waals surface area contributed by atoms with Crippen LogP contribution in [0.2, 0.25) is 0 Å². The second kappa shape index (κ2) is 7.43. The Hall–Kier alpha value is -2.61. The van der Waals surface area contributed by atoms with Crippen molar-refractivity contribution in [3.8, 4) is 0 Å². The van der Waals surface area contributed by atoms with Gasteiger partial charge >= 0.3 is 0 Å². The molecule has 4 aromatic rings. The van der Waals surface area contributed by atoms with E-state index in [9.17, 15) is 4.79 Å². The van der Waals surface area contributed by atoms with Crippen LogP contribution in [0.25, 0.3) is 16.7 Å². The quantitative estimate of drug-likeness (QED) is 0.467. The Labute approximate surface area is 167 Å². The van der Waals surface area contributed by atoms with Crippen molar-refractivity contribution in [1.82, 2.24) is 28.7 Å². The second-order valence-corrected chi connectivity index (χ2v) is 7.93. The molecular weight excluding hydrogens is 372 g/mol. The summed E-state index contributed by atoms with van der Waals surface area (Å²) in [5.74, 6) is 2.00. The number of fused-ring (bicyclic) bond motifs is 3. The molecule has 1 aromatic carbocycles. The maximum atomic E-state index is 12.6. The highest BCUT2D eigenvalue weighted by molar-refractivity contribution is 7.98. The fraction of sp³-hybridized carbons (Fsp3) is 0.400.